The van der Waals surface area contributed by atoms with Gasteiger partial charge in [-0.2, -0.15) is 0 Å². The first-order valence-corrected chi connectivity index (χ1v) is 6.01. The van der Waals surface area contributed by atoms with Crippen molar-refractivity contribution in [2.75, 3.05) is 13.1 Å². The van der Waals surface area contributed by atoms with E-state index in [-0.39, 0.29) is 13.0 Å². The van der Waals surface area contributed by atoms with Gasteiger partial charge in [-0.15, -0.1) is 0 Å². The lowest BCUT2D eigenvalue weighted by Gasteiger charge is -2.21. The van der Waals surface area contributed by atoms with Crippen LogP contribution in [0, 0.1) is 0 Å². The average molecular weight is 244 g/mol. The number of amides is 2. The molecule has 98 valence electrons. The molecule has 1 aliphatic heterocycles. The van der Waals surface area contributed by atoms with Crippen LogP contribution < -0.4 is 5.32 Å². The number of likely N-dealkylation sites (tertiary alicyclic amines) is 1. The molecule has 0 bridgehead atoms. The van der Waals surface area contributed by atoms with Gasteiger partial charge in [0.05, 0.1) is 6.10 Å². The zero-order valence-corrected chi connectivity index (χ0v) is 10.1. The smallest absolute Gasteiger partial charge is 0.326 e. The zero-order valence-electron chi connectivity index (χ0n) is 10.1. The SMILES string of the molecule is CCCCCNC(=O)N1C[C@@H](O)C[C@H]1C(=O)O. The Labute approximate surface area is 101 Å². The van der Waals surface area contributed by atoms with Crippen LogP contribution >= 0.6 is 0 Å². The predicted molar refractivity (Wildman–Crippen MR) is 61.7 cm³/mol. The Morgan fingerprint density at radius 2 is 2.12 bits per heavy atom. The van der Waals surface area contributed by atoms with Crippen molar-refractivity contribution in [3.05, 3.63) is 0 Å². The maximum absolute atomic E-state index is 11.7. The van der Waals surface area contributed by atoms with Crippen LogP contribution in [0.3, 0.4) is 0 Å². The number of hydrogen-bond donors (Lipinski definition) is 3. The molecule has 0 aromatic heterocycles. The van der Waals surface area contributed by atoms with Crippen LogP contribution in [-0.4, -0.2) is 52.3 Å². The van der Waals surface area contributed by atoms with Gasteiger partial charge < -0.3 is 20.4 Å². The van der Waals surface area contributed by atoms with Crippen molar-refractivity contribution in [1.82, 2.24) is 10.2 Å². The molecule has 0 saturated carbocycles. The largest absolute Gasteiger partial charge is 0.480 e. The molecule has 1 heterocycles. The van der Waals surface area contributed by atoms with Gasteiger partial charge in [-0.3, -0.25) is 0 Å². The number of aliphatic carboxylic acids is 1. The van der Waals surface area contributed by atoms with Gasteiger partial charge >= 0.3 is 12.0 Å². The topological polar surface area (TPSA) is 89.9 Å². The van der Waals surface area contributed by atoms with Crippen molar-refractivity contribution in [3.63, 3.8) is 0 Å². The second kappa shape index (κ2) is 6.44. The number of carboxylic acid groups (broad SMARTS) is 1. The van der Waals surface area contributed by atoms with Crippen LogP contribution in [0.15, 0.2) is 0 Å². The number of carboxylic acids is 1. The van der Waals surface area contributed by atoms with Crippen molar-refractivity contribution in [1.29, 1.82) is 0 Å². The molecule has 2 atom stereocenters. The normalized spacial score (nSPS) is 23.8. The van der Waals surface area contributed by atoms with Gasteiger partial charge in [0, 0.05) is 19.5 Å². The number of aliphatic hydroxyl groups excluding tert-OH is 1. The fourth-order valence-corrected chi connectivity index (χ4v) is 1.94. The molecule has 1 fully saturated rings. The molecule has 17 heavy (non-hydrogen) atoms. The molecular weight excluding hydrogens is 224 g/mol. The summed E-state index contributed by atoms with van der Waals surface area (Å²) in [6, 6.07) is -1.30. The second-order valence-corrected chi connectivity index (χ2v) is 4.33. The van der Waals surface area contributed by atoms with E-state index in [2.05, 4.69) is 12.2 Å². The zero-order chi connectivity index (χ0) is 12.8. The fourth-order valence-electron chi connectivity index (χ4n) is 1.94. The summed E-state index contributed by atoms with van der Waals surface area (Å²) < 4.78 is 0. The first-order valence-electron chi connectivity index (χ1n) is 6.01. The molecule has 0 aromatic rings. The first-order chi connectivity index (χ1) is 8.06. The number of carbonyl (C=O) groups is 2. The molecule has 2 amide bonds. The Balaban J connectivity index is 2.41. The van der Waals surface area contributed by atoms with Crippen LogP contribution in [0.25, 0.3) is 0 Å². The third kappa shape index (κ3) is 3.89. The quantitative estimate of drug-likeness (QED) is 0.611. The Hall–Kier alpha value is -1.30. The lowest BCUT2D eigenvalue weighted by molar-refractivity contribution is -0.141. The number of nitrogens with zero attached hydrogens (tertiary/aromatic N) is 1. The summed E-state index contributed by atoms with van der Waals surface area (Å²) in [5.74, 6) is -1.06. The molecule has 1 rings (SSSR count). The summed E-state index contributed by atoms with van der Waals surface area (Å²) in [4.78, 5) is 23.8. The summed E-state index contributed by atoms with van der Waals surface area (Å²) in [5, 5.41) is 21.0. The summed E-state index contributed by atoms with van der Waals surface area (Å²) >= 11 is 0. The van der Waals surface area contributed by atoms with Gasteiger partial charge in [-0.05, 0) is 6.42 Å². The van der Waals surface area contributed by atoms with E-state index in [4.69, 9.17) is 5.11 Å². The molecule has 0 spiro atoms. The monoisotopic (exact) mass is 244 g/mol. The number of β-amino-alcohol motifs (C(OH)–C–C–N with tert-alkyl or cyclic N) is 1. The van der Waals surface area contributed by atoms with Gasteiger partial charge in [0.1, 0.15) is 6.04 Å². The van der Waals surface area contributed by atoms with E-state index in [1.54, 1.807) is 0 Å². The van der Waals surface area contributed by atoms with E-state index in [9.17, 15) is 14.7 Å². The maximum atomic E-state index is 11.7. The van der Waals surface area contributed by atoms with E-state index in [0.29, 0.717) is 6.54 Å². The van der Waals surface area contributed by atoms with Gasteiger partial charge in [0.15, 0.2) is 0 Å². The highest BCUT2D eigenvalue weighted by atomic mass is 16.4. The Morgan fingerprint density at radius 1 is 1.41 bits per heavy atom. The maximum Gasteiger partial charge on any atom is 0.326 e. The van der Waals surface area contributed by atoms with Crippen LogP contribution in [0.4, 0.5) is 4.79 Å². The summed E-state index contributed by atoms with van der Waals surface area (Å²) in [7, 11) is 0. The molecule has 0 aromatic carbocycles. The number of hydrogen-bond acceptors (Lipinski definition) is 3. The number of nitrogens with one attached hydrogen (secondary N) is 1. The molecule has 0 unspecified atom stereocenters. The van der Waals surface area contributed by atoms with Crippen molar-refractivity contribution in [2.45, 2.75) is 44.8 Å². The second-order valence-electron chi connectivity index (χ2n) is 4.33. The molecule has 6 heteroatoms. The summed E-state index contributed by atoms with van der Waals surface area (Å²) in [6.45, 7) is 2.71. The molecule has 6 nitrogen and oxygen atoms in total. The number of carbonyl (C=O) groups excluding carboxylic acids is 1. The van der Waals surface area contributed by atoms with Crippen LogP contribution in [0.2, 0.25) is 0 Å². The van der Waals surface area contributed by atoms with Crippen LogP contribution in [0.5, 0.6) is 0 Å². The lowest BCUT2D eigenvalue weighted by atomic mass is 10.2. The van der Waals surface area contributed by atoms with Crippen molar-refractivity contribution >= 4 is 12.0 Å². The average Bonchev–Trinajstić information content (AvgIpc) is 2.66. The standard InChI is InChI=1S/C11H20N2O4/c1-2-3-4-5-12-11(17)13-7-8(14)6-9(13)10(15)16/h8-9,14H,2-7H2,1H3,(H,12,17)(H,15,16)/t8-,9-/m0/s1. The minimum Gasteiger partial charge on any atom is -0.480 e. The highest BCUT2D eigenvalue weighted by Gasteiger charge is 2.38. The lowest BCUT2D eigenvalue weighted by Crippen LogP contribution is -2.46. The fraction of sp³-hybridized carbons (Fsp3) is 0.818. The third-order valence-corrected chi connectivity index (χ3v) is 2.88. The van der Waals surface area contributed by atoms with E-state index in [1.165, 1.54) is 4.90 Å². The molecule has 3 N–H and O–H groups in total. The van der Waals surface area contributed by atoms with E-state index < -0.39 is 24.1 Å². The van der Waals surface area contributed by atoms with Gasteiger partial charge in [0.2, 0.25) is 0 Å². The third-order valence-electron chi connectivity index (χ3n) is 2.88. The van der Waals surface area contributed by atoms with Crippen molar-refractivity contribution in [3.8, 4) is 0 Å². The molecule has 0 aliphatic carbocycles. The minimum atomic E-state index is -1.06. The van der Waals surface area contributed by atoms with Gasteiger partial charge in [-0.1, -0.05) is 19.8 Å². The van der Waals surface area contributed by atoms with E-state index in [0.717, 1.165) is 19.3 Å². The summed E-state index contributed by atoms with van der Waals surface area (Å²) in [6.07, 6.45) is 2.35. The van der Waals surface area contributed by atoms with Crippen LogP contribution in [0.1, 0.15) is 32.6 Å². The predicted octanol–water partition coefficient (Wildman–Crippen LogP) is 0.406. The van der Waals surface area contributed by atoms with Crippen molar-refractivity contribution < 1.29 is 19.8 Å². The number of unbranched alkanes of at least 4 members (excludes halogenated alkanes) is 2. The highest BCUT2D eigenvalue weighted by Crippen LogP contribution is 2.17. The number of urea groups is 1. The van der Waals surface area contributed by atoms with E-state index >= 15 is 0 Å². The first kappa shape index (κ1) is 13.8. The Bertz CT molecular complexity index is 283. The molecule has 1 aliphatic rings. The molecular formula is C11H20N2O4. The Kier molecular flexibility index (Phi) is 5.21. The molecule has 0 radical (unpaired) electrons. The Morgan fingerprint density at radius 3 is 2.71 bits per heavy atom. The van der Waals surface area contributed by atoms with E-state index in [1.807, 2.05) is 0 Å². The number of rotatable bonds is 5. The highest BCUT2D eigenvalue weighted by molar-refractivity contribution is 5.83. The molecule has 1 saturated heterocycles. The van der Waals surface area contributed by atoms with Gasteiger partial charge in [-0.25, -0.2) is 9.59 Å². The van der Waals surface area contributed by atoms with Crippen molar-refractivity contribution in [2.24, 2.45) is 0 Å². The summed E-state index contributed by atoms with van der Waals surface area (Å²) in [5.41, 5.74) is 0. The van der Waals surface area contributed by atoms with Crippen LogP contribution in [-0.2, 0) is 4.79 Å². The number of aliphatic hydroxyl groups is 1. The minimum absolute atomic E-state index is 0.0938. The van der Waals surface area contributed by atoms with Gasteiger partial charge in [0.25, 0.3) is 0 Å².